The summed E-state index contributed by atoms with van der Waals surface area (Å²) in [4.78, 5) is 20.3. The van der Waals surface area contributed by atoms with E-state index in [2.05, 4.69) is 15.3 Å². The van der Waals surface area contributed by atoms with Crippen molar-refractivity contribution in [2.75, 3.05) is 7.11 Å². The van der Waals surface area contributed by atoms with E-state index in [0.29, 0.717) is 16.5 Å². The maximum Gasteiger partial charge on any atom is 0.217 e. The van der Waals surface area contributed by atoms with Crippen LogP contribution in [0.2, 0.25) is 0 Å². The average Bonchev–Trinajstić information content (AvgIpc) is 3.09. The molecule has 0 radical (unpaired) electrons. The van der Waals surface area contributed by atoms with Gasteiger partial charge >= 0.3 is 0 Å². The summed E-state index contributed by atoms with van der Waals surface area (Å²) in [5.41, 5.74) is 2.22. The lowest BCUT2D eigenvalue weighted by Crippen LogP contribution is -2.26. The van der Waals surface area contributed by atoms with Crippen LogP contribution in [-0.4, -0.2) is 23.0 Å². The largest absolute Gasteiger partial charge is 0.481 e. The summed E-state index contributed by atoms with van der Waals surface area (Å²) in [5, 5.41) is 5.38. The highest BCUT2D eigenvalue weighted by molar-refractivity contribution is 7.10. The monoisotopic (exact) mass is 357 g/mol. The lowest BCUT2D eigenvalue weighted by Gasteiger charge is -2.16. The van der Waals surface area contributed by atoms with E-state index >= 15 is 0 Å². The number of nitrogens with one attached hydrogen (secondary N) is 1. The molecule has 3 rings (SSSR count). The van der Waals surface area contributed by atoms with E-state index in [-0.39, 0.29) is 11.7 Å². The molecule has 2 heterocycles. The number of halogens is 1. The number of amides is 1. The van der Waals surface area contributed by atoms with Crippen molar-refractivity contribution >= 4 is 17.2 Å². The number of carbonyl (C=O) groups is 1. The molecular formula is C18H16FN3O2S. The second-order valence-electron chi connectivity index (χ2n) is 5.35. The molecule has 0 aliphatic rings. The van der Waals surface area contributed by atoms with E-state index in [4.69, 9.17) is 4.74 Å². The standard InChI is InChI=1S/C18H16FN3O2S/c1-11(23)21-17(12-4-3-5-14(19)8-12)18-22-15(10-25-18)13-6-7-16(24-2)20-9-13/h3-10,17H,1-2H3,(H,21,23). The summed E-state index contributed by atoms with van der Waals surface area (Å²) in [6.45, 7) is 1.42. The second-order valence-corrected chi connectivity index (χ2v) is 6.24. The summed E-state index contributed by atoms with van der Waals surface area (Å²) in [6, 6.07) is 9.26. The third-order valence-electron chi connectivity index (χ3n) is 3.54. The number of carbonyl (C=O) groups excluding carboxylic acids is 1. The van der Waals surface area contributed by atoms with E-state index in [1.165, 1.54) is 30.4 Å². The predicted molar refractivity (Wildman–Crippen MR) is 94.0 cm³/mol. The molecule has 3 aromatic rings. The minimum atomic E-state index is -0.502. The van der Waals surface area contributed by atoms with Crippen LogP contribution in [0.15, 0.2) is 48.0 Å². The number of thiazole rings is 1. The van der Waals surface area contributed by atoms with Crippen molar-refractivity contribution in [2.45, 2.75) is 13.0 Å². The first kappa shape index (κ1) is 17.0. The Morgan fingerprint density at radius 1 is 1.32 bits per heavy atom. The van der Waals surface area contributed by atoms with Crippen molar-refractivity contribution in [1.29, 1.82) is 0 Å². The van der Waals surface area contributed by atoms with Crippen LogP contribution >= 0.6 is 11.3 Å². The van der Waals surface area contributed by atoms with Crippen molar-refractivity contribution in [3.05, 3.63) is 64.4 Å². The Morgan fingerprint density at radius 2 is 2.16 bits per heavy atom. The molecule has 0 fully saturated rings. The van der Waals surface area contributed by atoms with Gasteiger partial charge < -0.3 is 10.1 Å². The highest BCUT2D eigenvalue weighted by atomic mass is 32.1. The van der Waals surface area contributed by atoms with Gasteiger partial charge in [-0.25, -0.2) is 14.4 Å². The smallest absolute Gasteiger partial charge is 0.217 e. The molecule has 128 valence electrons. The Hall–Kier alpha value is -2.80. The second kappa shape index (κ2) is 7.40. The average molecular weight is 357 g/mol. The van der Waals surface area contributed by atoms with Gasteiger partial charge in [0.2, 0.25) is 11.8 Å². The van der Waals surface area contributed by atoms with Gasteiger partial charge in [-0.05, 0) is 23.8 Å². The molecule has 0 spiro atoms. The zero-order valence-electron chi connectivity index (χ0n) is 13.7. The van der Waals surface area contributed by atoms with E-state index in [1.54, 1.807) is 31.5 Å². The fraction of sp³-hybridized carbons (Fsp3) is 0.167. The van der Waals surface area contributed by atoms with E-state index < -0.39 is 6.04 Å². The Kier molecular flexibility index (Phi) is 5.04. The van der Waals surface area contributed by atoms with Crippen LogP contribution in [0.5, 0.6) is 5.88 Å². The normalized spacial score (nSPS) is 11.8. The van der Waals surface area contributed by atoms with Gasteiger partial charge in [0.1, 0.15) is 16.9 Å². The lowest BCUT2D eigenvalue weighted by atomic mass is 10.1. The molecule has 1 amide bonds. The molecule has 0 aliphatic carbocycles. The third kappa shape index (κ3) is 4.00. The van der Waals surface area contributed by atoms with Gasteiger partial charge in [0.05, 0.1) is 12.8 Å². The fourth-order valence-corrected chi connectivity index (χ4v) is 3.29. The Labute approximate surface area is 148 Å². The molecule has 1 unspecified atom stereocenters. The van der Waals surface area contributed by atoms with Gasteiger partial charge in [-0.2, -0.15) is 0 Å². The highest BCUT2D eigenvalue weighted by Gasteiger charge is 2.20. The Morgan fingerprint density at radius 3 is 2.80 bits per heavy atom. The molecular weight excluding hydrogens is 341 g/mol. The van der Waals surface area contributed by atoms with E-state index in [9.17, 15) is 9.18 Å². The molecule has 0 saturated carbocycles. The van der Waals surface area contributed by atoms with Crippen LogP contribution in [0, 0.1) is 5.82 Å². The maximum atomic E-state index is 13.6. The number of benzene rings is 1. The highest BCUT2D eigenvalue weighted by Crippen LogP contribution is 2.29. The number of hydrogen-bond acceptors (Lipinski definition) is 5. The molecule has 0 aliphatic heterocycles. The summed E-state index contributed by atoms with van der Waals surface area (Å²) < 4.78 is 18.6. The molecule has 1 N–H and O–H groups in total. The number of rotatable bonds is 5. The number of methoxy groups -OCH3 is 1. The first-order chi connectivity index (χ1) is 12.1. The summed E-state index contributed by atoms with van der Waals surface area (Å²) >= 11 is 1.40. The fourth-order valence-electron chi connectivity index (χ4n) is 2.38. The topological polar surface area (TPSA) is 64.1 Å². The van der Waals surface area contributed by atoms with Crippen molar-refractivity contribution < 1.29 is 13.9 Å². The lowest BCUT2D eigenvalue weighted by molar-refractivity contribution is -0.119. The Balaban J connectivity index is 1.94. The molecule has 25 heavy (non-hydrogen) atoms. The van der Waals surface area contributed by atoms with Crippen LogP contribution in [0.3, 0.4) is 0 Å². The van der Waals surface area contributed by atoms with Crippen LogP contribution < -0.4 is 10.1 Å². The number of hydrogen-bond donors (Lipinski definition) is 1. The third-order valence-corrected chi connectivity index (χ3v) is 4.45. The predicted octanol–water partition coefficient (Wildman–Crippen LogP) is 3.58. The van der Waals surface area contributed by atoms with Gasteiger partial charge in [-0.1, -0.05) is 12.1 Å². The van der Waals surface area contributed by atoms with E-state index in [0.717, 1.165) is 11.3 Å². The minimum Gasteiger partial charge on any atom is -0.481 e. The van der Waals surface area contributed by atoms with Crippen molar-refractivity contribution in [3.63, 3.8) is 0 Å². The van der Waals surface area contributed by atoms with Gasteiger partial charge in [0.25, 0.3) is 0 Å². The van der Waals surface area contributed by atoms with Crippen LogP contribution in [0.25, 0.3) is 11.3 Å². The van der Waals surface area contributed by atoms with Crippen molar-refractivity contribution in [3.8, 4) is 17.1 Å². The van der Waals surface area contributed by atoms with Gasteiger partial charge in [-0.3, -0.25) is 4.79 Å². The maximum absolute atomic E-state index is 13.6. The van der Waals surface area contributed by atoms with Crippen LogP contribution in [0.1, 0.15) is 23.5 Å². The van der Waals surface area contributed by atoms with Gasteiger partial charge in [-0.15, -0.1) is 11.3 Å². The first-order valence-corrected chi connectivity index (χ1v) is 8.43. The molecule has 5 nitrogen and oxygen atoms in total. The molecule has 1 aromatic carbocycles. The summed E-state index contributed by atoms with van der Waals surface area (Å²) in [7, 11) is 1.56. The summed E-state index contributed by atoms with van der Waals surface area (Å²) in [6.07, 6.45) is 1.67. The zero-order chi connectivity index (χ0) is 17.8. The SMILES string of the molecule is COc1ccc(-c2csc(C(NC(C)=O)c3cccc(F)c3)n2)cn1. The molecule has 0 bridgehead atoms. The quantitative estimate of drug-likeness (QED) is 0.758. The molecule has 7 heteroatoms. The Bertz CT molecular complexity index is 880. The number of ether oxygens (including phenoxy) is 1. The summed E-state index contributed by atoms with van der Waals surface area (Å²) in [5.74, 6) is -0.0452. The number of aromatic nitrogens is 2. The zero-order valence-corrected chi connectivity index (χ0v) is 14.5. The minimum absolute atomic E-state index is 0.211. The van der Waals surface area contributed by atoms with Crippen molar-refractivity contribution in [2.24, 2.45) is 0 Å². The molecule has 2 aromatic heterocycles. The van der Waals surface area contributed by atoms with Gasteiger partial charge in [0.15, 0.2) is 0 Å². The first-order valence-electron chi connectivity index (χ1n) is 7.55. The van der Waals surface area contributed by atoms with Crippen LogP contribution in [0.4, 0.5) is 4.39 Å². The molecule has 1 atom stereocenters. The number of nitrogens with zero attached hydrogens (tertiary/aromatic N) is 2. The van der Waals surface area contributed by atoms with Crippen LogP contribution in [-0.2, 0) is 4.79 Å². The van der Waals surface area contributed by atoms with E-state index in [1.807, 2.05) is 11.4 Å². The van der Waals surface area contributed by atoms with Gasteiger partial charge in [0, 0.05) is 30.1 Å². The number of pyridine rings is 1. The van der Waals surface area contributed by atoms with Crippen molar-refractivity contribution in [1.82, 2.24) is 15.3 Å². The molecule has 0 saturated heterocycles.